The lowest BCUT2D eigenvalue weighted by atomic mass is 10.2. The molecule has 0 aromatic carbocycles. The maximum absolute atomic E-state index is 12.1. The highest BCUT2D eigenvalue weighted by molar-refractivity contribution is 5.81. The van der Waals surface area contributed by atoms with Gasteiger partial charge in [-0.2, -0.15) is 0 Å². The molecule has 86 valence electrons. The number of carbonyl (C=O) groups is 1. The molecule has 0 aliphatic carbocycles. The van der Waals surface area contributed by atoms with Gasteiger partial charge in [-0.05, 0) is 26.2 Å². The van der Waals surface area contributed by atoms with Gasteiger partial charge in [-0.1, -0.05) is 0 Å². The fraction of sp³-hybridized carbons (Fsp3) is 0.909. The lowest BCUT2D eigenvalue weighted by Gasteiger charge is -2.27. The van der Waals surface area contributed by atoms with Crippen molar-refractivity contribution < 1.29 is 4.79 Å². The molecule has 1 unspecified atom stereocenters. The van der Waals surface area contributed by atoms with E-state index in [1.165, 1.54) is 0 Å². The van der Waals surface area contributed by atoms with Gasteiger partial charge in [0.05, 0.1) is 6.04 Å². The molecule has 2 heterocycles. The largest absolute Gasteiger partial charge is 0.341 e. The van der Waals surface area contributed by atoms with Gasteiger partial charge < -0.3 is 10.6 Å². The lowest BCUT2D eigenvalue weighted by Crippen LogP contribution is -2.46. The second-order valence-electron chi connectivity index (χ2n) is 4.75. The molecule has 0 saturated carbocycles. The van der Waals surface area contributed by atoms with Crippen LogP contribution in [-0.2, 0) is 4.79 Å². The number of amides is 1. The first-order valence-corrected chi connectivity index (χ1v) is 5.97. The molecule has 2 N–H and O–H groups in total. The van der Waals surface area contributed by atoms with Gasteiger partial charge in [0.1, 0.15) is 0 Å². The second-order valence-corrected chi connectivity index (χ2v) is 4.75. The minimum Gasteiger partial charge on any atom is -0.341 e. The zero-order valence-electron chi connectivity index (χ0n) is 9.48. The van der Waals surface area contributed by atoms with Crippen molar-refractivity contribution >= 4 is 5.91 Å². The molecule has 0 aromatic heterocycles. The Morgan fingerprint density at radius 2 is 2.00 bits per heavy atom. The van der Waals surface area contributed by atoms with E-state index in [1.807, 2.05) is 11.8 Å². The summed E-state index contributed by atoms with van der Waals surface area (Å²) in [4.78, 5) is 16.3. The van der Waals surface area contributed by atoms with Crippen molar-refractivity contribution in [3.63, 3.8) is 0 Å². The number of nitrogens with zero attached hydrogens (tertiary/aromatic N) is 2. The Morgan fingerprint density at radius 3 is 2.53 bits per heavy atom. The van der Waals surface area contributed by atoms with Crippen molar-refractivity contribution in [1.82, 2.24) is 9.80 Å². The van der Waals surface area contributed by atoms with Crippen LogP contribution in [0.1, 0.15) is 26.2 Å². The number of nitrogens with two attached hydrogens (primary N) is 1. The van der Waals surface area contributed by atoms with Crippen LogP contribution >= 0.6 is 0 Å². The van der Waals surface area contributed by atoms with Gasteiger partial charge >= 0.3 is 0 Å². The van der Waals surface area contributed by atoms with Gasteiger partial charge in [0, 0.05) is 32.2 Å². The Labute approximate surface area is 91.4 Å². The smallest absolute Gasteiger partial charge is 0.239 e. The lowest BCUT2D eigenvalue weighted by molar-refractivity contribution is -0.134. The molecule has 0 bridgehead atoms. The first kappa shape index (κ1) is 10.9. The van der Waals surface area contributed by atoms with Crippen LogP contribution in [0, 0.1) is 0 Å². The molecule has 2 aliphatic rings. The molecule has 2 rings (SSSR count). The SMILES string of the molecule is CC(C(=O)N1CCCC1)N1CC[C@@H](N)C1. The number of hydrogen-bond acceptors (Lipinski definition) is 3. The summed E-state index contributed by atoms with van der Waals surface area (Å²) in [5, 5.41) is 0. The summed E-state index contributed by atoms with van der Waals surface area (Å²) in [6.45, 7) is 5.76. The average molecular weight is 211 g/mol. The fourth-order valence-electron chi connectivity index (χ4n) is 2.53. The Balaban J connectivity index is 1.89. The maximum Gasteiger partial charge on any atom is 0.239 e. The van der Waals surface area contributed by atoms with Crippen LogP contribution in [-0.4, -0.2) is 54.0 Å². The third kappa shape index (κ3) is 2.32. The topological polar surface area (TPSA) is 49.6 Å². The second kappa shape index (κ2) is 4.49. The number of carbonyl (C=O) groups excluding carboxylic acids is 1. The standard InChI is InChI=1S/C11H21N3O/c1-9(14-7-4-10(12)8-14)11(15)13-5-2-3-6-13/h9-10H,2-8,12H2,1H3/t9?,10-/m1/s1. The van der Waals surface area contributed by atoms with Gasteiger partial charge in [0.25, 0.3) is 0 Å². The number of rotatable bonds is 2. The van der Waals surface area contributed by atoms with Gasteiger partial charge in [-0.3, -0.25) is 9.69 Å². The first-order valence-electron chi connectivity index (χ1n) is 5.97. The van der Waals surface area contributed by atoms with Crippen LogP contribution in [0.5, 0.6) is 0 Å². The van der Waals surface area contributed by atoms with Crippen LogP contribution in [0.25, 0.3) is 0 Å². The van der Waals surface area contributed by atoms with Crippen molar-refractivity contribution in [2.75, 3.05) is 26.2 Å². The molecule has 0 spiro atoms. The zero-order valence-corrected chi connectivity index (χ0v) is 9.48. The molecule has 4 nitrogen and oxygen atoms in total. The van der Waals surface area contributed by atoms with E-state index < -0.39 is 0 Å². The molecule has 2 saturated heterocycles. The molecular weight excluding hydrogens is 190 g/mol. The quantitative estimate of drug-likeness (QED) is 0.701. The minimum atomic E-state index is 0.0247. The Bertz CT molecular complexity index is 238. The predicted octanol–water partition coefficient (Wildman–Crippen LogP) is 0.0303. The normalized spacial score (nSPS) is 29.7. The molecular formula is C11H21N3O. The highest BCUT2D eigenvalue weighted by atomic mass is 16.2. The summed E-state index contributed by atoms with van der Waals surface area (Å²) >= 11 is 0. The van der Waals surface area contributed by atoms with E-state index in [0.29, 0.717) is 5.91 Å². The van der Waals surface area contributed by atoms with Crippen molar-refractivity contribution in [2.45, 2.75) is 38.3 Å². The van der Waals surface area contributed by atoms with E-state index in [9.17, 15) is 4.79 Å². The van der Waals surface area contributed by atoms with Crippen LogP contribution in [0.3, 0.4) is 0 Å². The van der Waals surface area contributed by atoms with E-state index >= 15 is 0 Å². The summed E-state index contributed by atoms with van der Waals surface area (Å²) < 4.78 is 0. The minimum absolute atomic E-state index is 0.0247. The first-order chi connectivity index (χ1) is 7.18. The summed E-state index contributed by atoms with van der Waals surface area (Å²) in [7, 11) is 0. The van der Waals surface area contributed by atoms with E-state index in [4.69, 9.17) is 5.73 Å². The molecule has 2 fully saturated rings. The molecule has 1 amide bonds. The van der Waals surface area contributed by atoms with E-state index in [1.54, 1.807) is 0 Å². The van der Waals surface area contributed by atoms with Gasteiger partial charge in [0.2, 0.25) is 5.91 Å². The third-order valence-electron chi connectivity index (χ3n) is 3.58. The third-order valence-corrected chi connectivity index (χ3v) is 3.58. The molecule has 0 aromatic rings. The van der Waals surface area contributed by atoms with Crippen LogP contribution < -0.4 is 5.73 Å². The molecule has 2 atom stereocenters. The molecule has 4 heteroatoms. The van der Waals surface area contributed by atoms with Gasteiger partial charge in [-0.25, -0.2) is 0 Å². The molecule has 2 aliphatic heterocycles. The van der Waals surface area contributed by atoms with E-state index in [2.05, 4.69) is 4.90 Å². The summed E-state index contributed by atoms with van der Waals surface area (Å²) in [5.41, 5.74) is 5.85. The van der Waals surface area contributed by atoms with Gasteiger partial charge in [-0.15, -0.1) is 0 Å². The fourth-order valence-corrected chi connectivity index (χ4v) is 2.53. The van der Waals surface area contributed by atoms with Crippen molar-refractivity contribution in [3.8, 4) is 0 Å². The van der Waals surface area contributed by atoms with Crippen LogP contribution in [0.15, 0.2) is 0 Å². The Hall–Kier alpha value is -0.610. The van der Waals surface area contributed by atoms with Crippen molar-refractivity contribution in [1.29, 1.82) is 0 Å². The maximum atomic E-state index is 12.1. The van der Waals surface area contributed by atoms with E-state index in [-0.39, 0.29) is 12.1 Å². The zero-order chi connectivity index (χ0) is 10.8. The summed E-state index contributed by atoms with van der Waals surface area (Å²) in [5.74, 6) is 0.293. The number of likely N-dealkylation sites (tertiary alicyclic amines) is 2. The highest BCUT2D eigenvalue weighted by Crippen LogP contribution is 2.15. The van der Waals surface area contributed by atoms with Crippen LogP contribution in [0.2, 0.25) is 0 Å². The monoisotopic (exact) mass is 211 g/mol. The summed E-state index contributed by atoms with van der Waals surface area (Å²) in [6, 6.07) is 0.287. The summed E-state index contributed by atoms with van der Waals surface area (Å²) in [6.07, 6.45) is 3.35. The van der Waals surface area contributed by atoms with Crippen molar-refractivity contribution in [2.24, 2.45) is 5.73 Å². The highest BCUT2D eigenvalue weighted by Gasteiger charge is 2.31. The van der Waals surface area contributed by atoms with Gasteiger partial charge in [0.15, 0.2) is 0 Å². The Morgan fingerprint density at radius 1 is 1.33 bits per heavy atom. The molecule has 15 heavy (non-hydrogen) atoms. The Kier molecular flexibility index (Phi) is 3.26. The van der Waals surface area contributed by atoms with Crippen molar-refractivity contribution in [3.05, 3.63) is 0 Å². The molecule has 0 radical (unpaired) electrons. The predicted molar refractivity (Wildman–Crippen MR) is 59.4 cm³/mol. The average Bonchev–Trinajstić information content (AvgIpc) is 2.85. The van der Waals surface area contributed by atoms with Crippen LogP contribution in [0.4, 0.5) is 0 Å². The number of hydrogen-bond donors (Lipinski definition) is 1. The van der Waals surface area contributed by atoms with E-state index in [0.717, 1.165) is 45.4 Å².